The van der Waals surface area contributed by atoms with Gasteiger partial charge in [-0.2, -0.15) is 0 Å². The van der Waals surface area contributed by atoms with Crippen LogP contribution in [0.25, 0.3) is 99.7 Å². The molecule has 0 atom stereocenters. The molecule has 5 heteroatoms. The van der Waals surface area contributed by atoms with Crippen LogP contribution < -0.4 is 0 Å². The quantitative estimate of drug-likeness (QED) is 0.182. The molecule has 3 aromatic heterocycles. The Hall–Kier alpha value is -6.72. The van der Waals surface area contributed by atoms with E-state index in [1.54, 1.807) is 0 Å². The Morgan fingerprint density at radius 1 is 0.388 bits per heavy atom. The second-order valence-corrected chi connectivity index (χ2v) is 12.2. The minimum atomic E-state index is 0.599. The van der Waals surface area contributed by atoms with Crippen molar-refractivity contribution >= 4 is 54.4 Å². The minimum Gasteiger partial charge on any atom is -0.456 e. The first-order valence-corrected chi connectivity index (χ1v) is 16.3. The molecular weight excluding hydrogens is 601 g/mol. The van der Waals surface area contributed by atoms with Crippen molar-refractivity contribution in [1.82, 2.24) is 19.9 Å². The van der Waals surface area contributed by atoms with Crippen molar-refractivity contribution in [2.45, 2.75) is 0 Å². The molecule has 0 N–H and O–H groups in total. The Bertz CT molecular complexity index is 2880. The number of hydrogen-bond donors (Lipinski definition) is 0. The summed E-state index contributed by atoms with van der Waals surface area (Å²) in [6, 6.07) is 52.1. The van der Waals surface area contributed by atoms with Crippen LogP contribution in [-0.2, 0) is 0 Å². The number of nitrogens with zero attached hydrogens (tertiary/aromatic N) is 4. The smallest absolute Gasteiger partial charge is 0.164 e. The predicted octanol–water partition coefficient (Wildman–Crippen LogP) is 11.3. The molecule has 10 rings (SSSR count). The van der Waals surface area contributed by atoms with Crippen LogP contribution in [0.15, 0.2) is 162 Å². The molecule has 0 aliphatic rings. The zero-order valence-electron chi connectivity index (χ0n) is 26.2. The molecule has 0 aliphatic heterocycles. The molecule has 10 aromatic rings. The van der Waals surface area contributed by atoms with Gasteiger partial charge in [-0.3, -0.25) is 4.98 Å². The van der Waals surface area contributed by atoms with E-state index >= 15 is 0 Å². The van der Waals surface area contributed by atoms with E-state index in [4.69, 9.17) is 24.4 Å². The first-order chi connectivity index (χ1) is 24.3. The maximum Gasteiger partial charge on any atom is 0.164 e. The molecular formula is C44H26N4O. The van der Waals surface area contributed by atoms with Crippen LogP contribution in [-0.4, -0.2) is 19.9 Å². The zero-order valence-corrected chi connectivity index (χ0v) is 26.2. The summed E-state index contributed by atoms with van der Waals surface area (Å²) in [4.78, 5) is 20.0. The number of benzene rings is 7. The van der Waals surface area contributed by atoms with Crippen LogP contribution in [0.2, 0.25) is 0 Å². The number of para-hydroxylation sites is 1. The molecule has 0 radical (unpaired) electrons. The second kappa shape index (κ2) is 10.9. The molecule has 228 valence electrons. The lowest BCUT2D eigenvalue weighted by Gasteiger charge is -2.13. The number of pyridine rings is 1. The SMILES string of the molecule is c1ccc(-c2nc(-c3ccc(-c4cc5c6ccccc6ccc5c5cccnc45)cc3)nc(-c3cccc4oc5ccccc5c34)n2)cc1. The van der Waals surface area contributed by atoms with Gasteiger partial charge in [-0.15, -0.1) is 0 Å². The van der Waals surface area contributed by atoms with Gasteiger partial charge in [0.15, 0.2) is 17.5 Å². The van der Waals surface area contributed by atoms with Crippen LogP contribution in [0.3, 0.4) is 0 Å². The number of aromatic nitrogens is 4. The van der Waals surface area contributed by atoms with Gasteiger partial charge in [0, 0.05) is 44.6 Å². The van der Waals surface area contributed by atoms with Crippen molar-refractivity contribution in [2.75, 3.05) is 0 Å². The van der Waals surface area contributed by atoms with Crippen molar-refractivity contribution in [2.24, 2.45) is 0 Å². The van der Waals surface area contributed by atoms with E-state index in [-0.39, 0.29) is 0 Å². The largest absolute Gasteiger partial charge is 0.456 e. The average molecular weight is 627 g/mol. The van der Waals surface area contributed by atoms with Crippen LogP contribution in [0.4, 0.5) is 0 Å². The number of furan rings is 1. The van der Waals surface area contributed by atoms with Crippen LogP contribution in [0.1, 0.15) is 0 Å². The highest BCUT2D eigenvalue weighted by Crippen LogP contribution is 2.39. The van der Waals surface area contributed by atoms with Crippen molar-refractivity contribution in [1.29, 1.82) is 0 Å². The van der Waals surface area contributed by atoms with Crippen LogP contribution in [0.5, 0.6) is 0 Å². The Kier molecular flexibility index (Phi) is 6.11. The lowest BCUT2D eigenvalue weighted by Crippen LogP contribution is -2.00. The summed E-state index contributed by atoms with van der Waals surface area (Å²) < 4.78 is 6.20. The van der Waals surface area contributed by atoms with Crippen molar-refractivity contribution < 1.29 is 4.42 Å². The molecule has 0 bridgehead atoms. The third-order valence-electron chi connectivity index (χ3n) is 9.38. The highest BCUT2D eigenvalue weighted by atomic mass is 16.3. The van der Waals surface area contributed by atoms with Gasteiger partial charge in [0.05, 0.1) is 5.52 Å². The van der Waals surface area contributed by atoms with E-state index in [1.807, 2.05) is 72.9 Å². The fraction of sp³-hybridized carbons (Fsp3) is 0. The molecule has 3 heterocycles. The van der Waals surface area contributed by atoms with Gasteiger partial charge in [0.1, 0.15) is 11.2 Å². The molecule has 0 saturated heterocycles. The Labute approximate surface area is 281 Å². The monoisotopic (exact) mass is 626 g/mol. The topological polar surface area (TPSA) is 64.7 Å². The summed E-state index contributed by atoms with van der Waals surface area (Å²) in [6.07, 6.45) is 1.87. The molecule has 0 amide bonds. The lowest BCUT2D eigenvalue weighted by atomic mass is 9.93. The van der Waals surface area contributed by atoms with E-state index in [9.17, 15) is 0 Å². The van der Waals surface area contributed by atoms with Crippen molar-refractivity contribution in [3.8, 4) is 45.3 Å². The Morgan fingerprint density at radius 3 is 1.92 bits per heavy atom. The number of rotatable bonds is 4. The highest BCUT2D eigenvalue weighted by Gasteiger charge is 2.18. The molecule has 0 aliphatic carbocycles. The third-order valence-corrected chi connectivity index (χ3v) is 9.38. The van der Waals surface area contributed by atoms with Gasteiger partial charge >= 0.3 is 0 Å². The average Bonchev–Trinajstić information content (AvgIpc) is 3.57. The maximum atomic E-state index is 6.20. The highest BCUT2D eigenvalue weighted by molar-refractivity contribution is 6.20. The minimum absolute atomic E-state index is 0.599. The van der Waals surface area contributed by atoms with Gasteiger partial charge in [0.2, 0.25) is 0 Å². The Balaban J connectivity index is 1.15. The summed E-state index contributed by atoms with van der Waals surface area (Å²) >= 11 is 0. The van der Waals surface area contributed by atoms with E-state index < -0.39 is 0 Å². The van der Waals surface area contributed by atoms with Gasteiger partial charge in [-0.25, -0.2) is 15.0 Å². The van der Waals surface area contributed by atoms with Gasteiger partial charge in [-0.1, -0.05) is 127 Å². The Morgan fingerprint density at radius 2 is 1.06 bits per heavy atom. The van der Waals surface area contributed by atoms with E-state index in [0.717, 1.165) is 60.7 Å². The van der Waals surface area contributed by atoms with Gasteiger partial charge in [-0.05, 0) is 51.4 Å². The number of hydrogen-bond acceptors (Lipinski definition) is 5. The molecule has 0 spiro atoms. The second-order valence-electron chi connectivity index (χ2n) is 12.2. The molecule has 7 aromatic carbocycles. The predicted molar refractivity (Wildman–Crippen MR) is 199 cm³/mol. The fourth-order valence-corrected chi connectivity index (χ4v) is 7.06. The van der Waals surface area contributed by atoms with Gasteiger partial charge < -0.3 is 4.42 Å². The van der Waals surface area contributed by atoms with Crippen LogP contribution >= 0.6 is 0 Å². The fourth-order valence-electron chi connectivity index (χ4n) is 7.06. The van der Waals surface area contributed by atoms with E-state index in [2.05, 4.69) is 84.9 Å². The molecule has 0 saturated carbocycles. The first kappa shape index (κ1) is 27.4. The lowest BCUT2D eigenvalue weighted by molar-refractivity contribution is 0.669. The molecule has 5 nitrogen and oxygen atoms in total. The summed E-state index contributed by atoms with van der Waals surface area (Å²) in [7, 11) is 0. The molecule has 0 fully saturated rings. The maximum absolute atomic E-state index is 6.20. The number of fused-ring (bicyclic) bond motifs is 8. The zero-order chi connectivity index (χ0) is 32.3. The summed E-state index contributed by atoms with van der Waals surface area (Å²) in [6.45, 7) is 0. The summed E-state index contributed by atoms with van der Waals surface area (Å²) in [5, 5.41) is 8.04. The van der Waals surface area contributed by atoms with Crippen molar-refractivity contribution in [3.63, 3.8) is 0 Å². The van der Waals surface area contributed by atoms with Crippen LogP contribution in [0, 0.1) is 0 Å². The first-order valence-electron chi connectivity index (χ1n) is 16.3. The van der Waals surface area contributed by atoms with E-state index in [1.165, 1.54) is 21.5 Å². The standard InChI is InChI=1S/C44H26N4O/c1-2-11-29(12-3-1)42-46-43(48-44(47-42)35-15-8-18-39-40(35)34-14-6-7-17-38(34)49-39)30-21-19-28(20-22-30)36-26-37-31-13-5-4-10-27(31)23-24-32(37)33-16-9-25-45-41(33)36/h1-26H. The third kappa shape index (κ3) is 4.48. The molecule has 0 unspecified atom stereocenters. The normalized spacial score (nSPS) is 11.7. The molecule has 49 heavy (non-hydrogen) atoms. The summed E-state index contributed by atoms with van der Waals surface area (Å²) in [5.41, 5.74) is 7.51. The van der Waals surface area contributed by atoms with Crippen molar-refractivity contribution in [3.05, 3.63) is 158 Å². The van der Waals surface area contributed by atoms with E-state index in [0.29, 0.717) is 17.5 Å². The van der Waals surface area contributed by atoms with Gasteiger partial charge in [0.25, 0.3) is 0 Å². The summed E-state index contributed by atoms with van der Waals surface area (Å²) in [5.74, 6) is 1.82.